The van der Waals surface area contributed by atoms with Gasteiger partial charge in [0.05, 0.1) is 16.4 Å². The monoisotopic (exact) mass is 252 g/mol. The van der Waals surface area contributed by atoms with E-state index in [0.29, 0.717) is 0 Å². The maximum Gasteiger partial charge on any atom is 0.0607 e. The van der Waals surface area contributed by atoms with Gasteiger partial charge in [0, 0.05) is 22.5 Å². The van der Waals surface area contributed by atoms with Gasteiger partial charge in [-0.2, -0.15) is 0 Å². The second-order valence-electron chi connectivity index (χ2n) is 3.67. The zero-order valence-corrected chi connectivity index (χ0v) is 10.8. The molecular weight excluding hydrogens is 240 g/mol. The zero-order valence-electron chi connectivity index (χ0n) is 9.25. The molecule has 0 saturated carbocycles. The summed E-state index contributed by atoms with van der Waals surface area (Å²) in [5.41, 5.74) is 3.15. The highest BCUT2D eigenvalue weighted by Gasteiger charge is 2.01. The standard InChI is InChI=1S/C12H13ClN2S/c1-8-3-4-12(9(2)15-8)14-6-11-5-10(13)7-16-11/h3-5,7,14H,6H2,1-2H3. The van der Waals surface area contributed by atoms with E-state index in [4.69, 9.17) is 11.6 Å². The normalized spacial score (nSPS) is 10.4. The number of thiophene rings is 1. The van der Waals surface area contributed by atoms with Crippen LogP contribution in [0.2, 0.25) is 5.02 Å². The topological polar surface area (TPSA) is 24.9 Å². The number of pyridine rings is 1. The Morgan fingerprint density at radius 2 is 2.19 bits per heavy atom. The molecule has 2 heterocycles. The third kappa shape index (κ3) is 2.74. The van der Waals surface area contributed by atoms with Crippen molar-refractivity contribution in [2.75, 3.05) is 5.32 Å². The van der Waals surface area contributed by atoms with Gasteiger partial charge in [-0.05, 0) is 32.0 Å². The Morgan fingerprint density at radius 1 is 1.38 bits per heavy atom. The summed E-state index contributed by atoms with van der Waals surface area (Å²) >= 11 is 7.53. The molecule has 0 fully saturated rings. The SMILES string of the molecule is Cc1ccc(NCc2cc(Cl)cs2)c(C)n1. The van der Waals surface area contributed by atoms with Crippen molar-refractivity contribution < 1.29 is 0 Å². The van der Waals surface area contributed by atoms with Crippen molar-refractivity contribution in [2.24, 2.45) is 0 Å². The Hall–Kier alpha value is -1.06. The molecule has 0 aliphatic heterocycles. The van der Waals surface area contributed by atoms with E-state index < -0.39 is 0 Å². The van der Waals surface area contributed by atoms with Crippen LogP contribution in [0, 0.1) is 13.8 Å². The number of aromatic nitrogens is 1. The molecule has 0 atom stereocenters. The molecule has 0 unspecified atom stereocenters. The lowest BCUT2D eigenvalue weighted by molar-refractivity contribution is 1.09. The van der Waals surface area contributed by atoms with Crippen LogP contribution in [-0.4, -0.2) is 4.98 Å². The van der Waals surface area contributed by atoms with Crippen LogP contribution in [0.1, 0.15) is 16.3 Å². The van der Waals surface area contributed by atoms with E-state index in [2.05, 4.69) is 16.4 Å². The predicted octanol–water partition coefficient (Wildman–Crippen LogP) is 4.03. The van der Waals surface area contributed by atoms with E-state index in [9.17, 15) is 0 Å². The summed E-state index contributed by atoms with van der Waals surface area (Å²) in [6.07, 6.45) is 0. The number of nitrogens with zero attached hydrogens (tertiary/aromatic N) is 1. The Kier molecular flexibility index (Phi) is 3.46. The molecular formula is C12H13ClN2S. The molecule has 0 spiro atoms. The quantitative estimate of drug-likeness (QED) is 0.892. The van der Waals surface area contributed by atoms with Gasteiger partial charge >= 0.3 is 0 Å². The van der Waals surface area contributed by atoms with Crippen LogP contribution in [0.4, 0.5) is 5.69 Å². The number of anilines is 1. The van der Waals surface area contributed by atoms with Crippen LogP contribution in [-0.2, 0) is 6.54 Å². The molecule has 2 aromatic rings. The highest BCUT2D eigenvalue weighted by molar-refractivity contribution is 7.10. The smallest absolute Gasteiger partial charge is 0.0607 e. The van der Waals surface area contributed by atoms with Crippen molar-refractivity contribution in [3.8, 4) is 0 Å². The van der Waals surface area contributed by atoms with Crippen LogP contribution in [0.5, 0.6) is 0 Å². The second kappa shape index (κ2) is 4.85. The van der Waals surface area contributed by atoms with Gasteiger partial charge in [-0.25, -0.2) is 0 Å². The minimum Gasteiger partial charge on any atom is -0.379 e. The maximum absolute atomic E-state index is 5.86. The minimum absolute atomic E-state index is 0.795. The van der Waals surface area contributed by atoms with Crippen molar-refractivity contribution in [1.82, 2.24) is 4.98 Å². The minimum atomic E-state index is 0.795. The van der Waals surface area contributed by atoms with Gasteiger partial charge in [0.15, 0.2) is 0 Å². The van der Waals surface area contributed by atoms with Gasteiger partial charge in [0.25, 0.3) is 0 Å². The number of nitrogens with one attached hydrogen (secondary N) is 1. The van der Waals surface area contributed by atoms with E-state index in [0.717, 1.165) is 28.6 Å². The fraction of sp³-hybridized carbons (Fsp3) is 0.250. The third-order valence-electron chi connectivity index (χ3n) is 2.30. The molecule has 2 nitrogen and oxygen atoms in total. The second-order valence-corrected chi connectivity index (χ2v) is 5.10. The maximum atomic E-state index is 5.86. The summed E-state index contributed by atoms with van der Waals surface area (Å²) in [6, 6.07) is 6.06. The summed E-state index contributed by atoms with van der Waals surface area (Å²) in [4.78, 5) is 5.63. The van der Waals surface area contributed by atoms with Crippen LogP contribution < -0.4 is 5.32 Å². The van der Waals surface area contributed by atoms with Crippen LogP contribution >= 0.6 is 22.9 Å². The summed E-state index contributed by atoms with van der Waals surface area (Å²) in [6.45, 7) is 4.80. The molecule has 4 heteroatoms. The molecule has 2 aromatic heterocycles. The zero-order chi connectivity index (χ0) is 11.5. The van der Waals surface area contributed by atoms with Crippen molar-refractivity contribution in [2.45, 2.75) is 20.4 Å². The van der Waals surface area contributed by atoms with Crippen LogP contribution in [0.15, 0.2) is 23.6 Å². The van der Waals surface area contributed by atoms with Gasteiger partial charge in [-0.1, -0.05) is 11.6 Å². The fourth-order valence-corrected chi connectivity index (χ4v) is 2.51. The molecule has 0 amide bonds. The first-order chi connectivity index (χ1) is 7.65. The summed E-state index contributed by atoms with van der Waals surface area (Å²) in [5, 5.41) is 6.11. The molecule has 0 aliphatic carbocycles. The Labute approximate surface area is 104 Å². The third-order valence-corrected chi connectivity index (χ3v) is 3.58. The largest absolute Gasteiger partial charge is 0.379 e. The van der Waals surface area contributed by atoms with E-state index in [1.54, 1.807) is 11.3 Å². The predicted molar refractivity (Wildman–Crippen MR) is 70.4 cm³/mol. The van der Waals surface area contributed by atoms with Gasteiger partial charge in [0.2, 0.25) is 0 Å². The number of rotatable bonds is 3. The average molecular weight is 253 g/mol. The number of aryl methyl sites for hydroxylation is 2. The lowest BCUT2D eigenvalue weighted by Gasteiger charge is -2.08. The van der Waals surface area contributed by atoms with Crippen molar-refractivity contribution >= 4 is 28.6 Å². The molecule has 84 valence electrons. The summed E-state index contributed by atoms with van der Waals surface area (Å²) in [5.74, 6) is 0. The number of hydrogen-bond acceptors (Lipinski definition) is 3. The molecule has 0 saturated heterocycles. The number of halogens is 1. The Morgan fingerprint density at radius 3 is 2.81 bits per heavy atom. The lowest BCUT2D eigenvalue weighted by Crippen LogP contribution is -2.01. The molecule has 1 N–H and O–H groups in total. The molecule has 0 aliphatic rings. The summed E-state index contributed by atoms with van der Waals surface area (Å²) in [7, 11) is 0. The first kappa shape index (κ1) is 11.4. The summed E-state index contributed by atoms with van der Waals surface area (Å²) < 4.78 is 0. The van der Waals surface area contributed by atoms with Crippen LogP contribution in [0.25, 0.3) is 0 Å². The van der Waals surface area contributed by atoms with Gasteiger partial charge < -0.3 is 5.32 Å². The van der Waals surface area contributed by atoms with E-state index in [1.807, 2.05) is 31.4 Å². The molecule has 2 rings (SSSR count). The first-order valence-corrected chi connectivity index (χ1v) is 6.32. The van der Waals surface area contributed by atoms with Gasteiger partial charge in [-0.15, -0.1) is 11.3 Å². The Bertz CT molecular complexity index is 494. The lowest BCUT2D eigenvalue weighted by atomic mass is 10.2. The molecule has 0 bridgehead atoms. The average Bonchev–Trinajstić information content (AvgIpc) is 2.63. The first-order valence-electron chi connectivity index (χ1n) is 5.06. The Balaban J connectivity index is 2.04. The van der Waals surface area contributed by atoms with Crippen LogP contribution in [0.3, 0.4) is 0 Å². The highest BCUT2D eigenvalue weighted by atomic mass is 35.5. The van der Waals surface area contributed by atoms with Crippen molar-refractivity contribution in [3.63, 3.8) is 0 Å². The van der Waals surface area contributed by atoms with Crippen molar-refractivity contribution in [1.29, 1.82) is 0 Å². The highest BCUT2D eigenvalue weighted by Crippen LogP contribution is 2.21. The molecule has 16 heavy (non-hydrogen) atoms. The van der Waals surface area contributed by atoms with E-state index >= 15 is 0 Å². The van der Waals surface area contributed by atoms with Gasteiger partial charge in [0.1, 0.15) is 0 Å². The van der Waals surface area contributed by atoms with Crippen molar-refractivity contribution in [3.05, 3.63) is 44.9 Å². The molecule has 0 radical (unpaired) electrons. The van der Waals surface area contributed by atoms with E-state index in [-0.39, 0.29) is 0 Å². The molecule has 0 aromatic carbocycles. The fourth-order valence-electron chi connectivity index (χ4n) is 1.50. The van der Waals surface area contributed by atoms with E-state index in [1.165, 1.54) is 4.88 Å². The van der Waals surface area contributed by atoms with Gasteiger partial charge in [-0.3, -0.25) is 4.98 Å². The number of hydrogen-bond donors (Lipinski definition) is 1.